The first-order chi connectivity index (χ1) is 12.2. The zero-order valence-electron chi connectivity index (χ0n) is 14.2. The molecule has 2 aromatic rings. The normalized spacial score (nSPS) is 8.37. The van der Waals surface area contributed by atoms with Gasteiger partial charge in [-0.05, 0) is 24.4 Å². The maximum absolute atomic E-state index is 10.1. The van der Waals surface area contributed by atoms with E-state index in [9.17, 15) is 17.3 Å². The summed E-state index contributed by atoms with van der Waals surface area (Å²) in [6, 6.07) is 10.6. The fourth-order valence-electron chi connectivity index (χ4n) is 1.43. The average Bonchev–Trinajstić information content (AvgIpc) is 2.72. The average molecular weight is 401 g/mol. The van der Waals surface area contributed by atoms with E-state index in [0.29, 0.717) is 0 Å². The Bertz CT molecular complexity index is 558. The van der Waals surface area contributed by atoms with E-state index in [1.54, 1.807) is 0 Å². The molecule has 0 unspecified atom stereocenters. The van der Waals surface area contributed by atoms with Crippen LogP contribution in [0.5, 0.6) is 0 Å². The Morgan fingerprint density at radius 2 is 1.00 bits per heavy atom. The van der Waals surface area contributed by atoms with Crippen molar-refractivity contribution in [1.29, 1.82) is 0 Å². The van der Waals surface area contributed by atoms with Gasteiger partial charge in [-0.1, -0.05) is 18.2 Å². The maximum Gasteiger partial charge on any atom is 0.674 e. The Hall–Kier alpha value is -1.58. The molecular formula is C10H19B4F4NO8. The van der Waals surface area contributed by atoms with Crippen LogP contribution < -0.4 is 0 Å². The summed E-state index contributed by atoms with van der Waals surface area (Å²) in [6.45, 7) is 2.12. The van der Waals surface area contributed by atoms with Crippen LogP contribution in [-0.4, -0.2) is 74.3 Å². The zero-order chi connectivity index (χ0) is 22.2. The quantitative estimate of drug-likeness (QED) is 0.189. The van der Waals surface area contributed by atoms with Gasteiger partial charge in [0, 0.05) is 18.3 Å². The van der Waals surface area contributed by atoms with Crippen molar-refractivity contribution in [3.8, 4) is 0 Å². The van der Waals surface area contributed by atoms with Gasteiger partial charge in [0.25, 0.3) is 0 Å². The summed E-state index contributed by atoms with van der Waals surface area (Å²) in [6.07, 6.45) is 0. The van der Waals surface area contributed by atoms with Crippen molar-refractivity contribution in [2.24, 2.45) is 7.05 Å². The third-order valence-corrected chi connectivity index (χ3v) is 2.19. The van der Waals surface area contributed by atoms with E-state index in [2.05, 4.69) is 48.9 Å². The summed E-state index contributed by atoms with van der Waals surface area (Å²) < 4.78 is 42.6. The highest BCUT2D eigenvalue weighted by atomic mass is 19.1. The molecule has 1 aromatic carbocycles. The zero-order valence-corrected chi connectivity index (χ0v) is 14.2. The molecule has 27 heavy (non-hydrogen) atoms. The van der Waals surface area contributed by atoms with Crippen molar-refractivity contribution in [3.05, 3.63) is 36.0 Å². The smallest absolute Gasteiger partial charge is 0.398 e. The number of aryl methyl sites for hydroxylation is 2. The summed E-state index contributed by atoms with van der Waals surface area (Å²) >= 11 is 0. The van der Waals surface area contributed by atoms with Crippen molar-refractivity contribution < 1.29 is 57.5 Å². The third-order valence-electron chi connectivity index (χ3n) is 2.19. The molecule has 0 aliphatic carbocycles. The third kappa shape index (κ3) is 26.8. The number of halogens is 4. The molecule has 17 heteroatoms. The van der Waals surface area contributed by atoms with Crippen molar-refractivity contribution in [2.45, 2.75) is 6.92 Å². The van der Waals surface area contributed by atoms with Gasteiger partial charge < -0.3 is 44.8 Å². The molecule has 0 spiro atoms. The minimum Gasteiger partial charge on any atom is -0.398 e. The fourth-order valence-corrected chi connectivity index (χ4v) is 1.43. The van der Waals surface area contributed by atoms with Crippen LogP contribution in [0.3, 0.4) is 0 Å². The van der Waals surface area contributed by atoms with Gasteiger partial charge in [-0.15, -0.1) is 0 Å². The molecule has 0 aliphatic heterocycles. The predicted molar refractivity (Wildman–Crippen MR) is 92.9 cm³/mol. The van der Waals surface area contributed by atoms with Gasteiger partial charge in [-0.25, -0.2) is 0 Å². The van der Waals surface area contributed by atoms with Gasteiger partial charge in [0.05, 0.1) is 0 Å². The topological polar surface area (TPSA) is 167 Å². The molecule has 0 saturated carbocycles. The Morgan fingerprint density at radius 1 is 0.704 bits per heavy atom. The van der Waals surface area contributed by atoms with Gasteiger partial charge in [-0.3, -0.25) is 17.3 Å². The monoisotopic (exact) mass is 401 g/mol. The highest BCUT2D eigenvalue weighted by molar-refractivity contribution is 6.32. The number of para-hydroxylation sites is 1. The first kappa shape index (κ1) is 30.2. The number of rotatable bonds is 0. The highest BCUT2D eigenvalue weighted by Gasteiger charge is 1.99. The largest absolute Gasteiger partial charge is 0.674 e. The van der Waals surface area contributed by atoms with E-state index >= 15 is 0 Å². The van der Waals surface area contributed by atoms with Crippen LogP contribution in [0.25, 0.3) is 10.9 Å². The number of benzene rings is 1. The number of fused-ring (bicyclic) bond motifs is 1. The Kier molecular flexibility index (Phi) is 19.9. The molecule has 8 N–H and O–H groups in total. The van der Waals surface area contributed by atoms with E-state index in [-0.39, 0.29) is 0 Å². The predicted octanol–water partition coefficient (Wildman–Crippen LogP) is -1.81. The lowest BCUT2D eigenvalue weighted by atomic mass is 10.2. The van der Waals surface area contributed by atoms with Crippen LogP contribution in [0.1, 0.15) is 5.69 Å². The lowest BCUT2D eigenvalue weighted by molar-refractivity contribution is 0.338. The second-order valence-corrected chi connectivity index (χ2v) is 4.15. The molecular weight excluding hydrogens is 381 g/mol. The molecule has 0 saturated heterocycles. The van der Waals surface area contributed by atoms with E-state index in [1.165, 1.54) is 16.6 Å². The highest BCUT2D eigenvalue weighted by Crippen LogP contribution is 2.16. The van der Waals surface area contributed by atoms with Gasteiger partial charge in [0.15, 0.2) is 0 Å². The van der Waals surface area contributed by atoms with Crippen LogP contribution in [0.2, 0.25) is 0 Å². The van der Waals surface area contributed by atoms with Crippen LogP contribution in [0, 0.1) is 6.92 Å². The molecule has 2 rings (SSSR count). The van der Waals surface area contributed by atoms with E-state index in [0.717, 1.165) is 0 Å². The number of hydrogen-bond acceptors (Lipinski definition) is 8. The van der Waals surface area contributed by atoms with E-state index in [1.807, 2.05) is 0 Å². The molecule has 0 amide bonds. The number of hydrogen-bond donors (Lipinski definition) is 8. The molecule has 0 aliphatic rings. The van der Waals surface area contributed by atoms with Gasteiger partial charge >= 0.3 is 29.6 Å². The van der Waals surface area contributed by atoms with E-state index < -0.39 is 29.6 Å². The summed E-state index contributed by atoms with van der Waals surface area (Å²) in [4.78, 5) is 0. The fraction of sp³-hybridized carbons (Fsp3) is 0.200. The minimum atomic E-state index is -2.67. The Labute approximate surface area is 153 Å². The first-order valence-electron chi connectivity index (χ1n) is 6.74. The second-order valence-electron chi connectivity index (χ2n) is 4.15. The molecule has 0 bridgehead atoms. The SMILES string of the molecule is Cc1cc2ccccc2n1C.OB(O)F.OB(O)F.OB(O)F.OB(O)F. The standard InChI is InChI=1S/C10H11N.4BFH2O2/c1-8-7-9-5-3-4-6-10(9)11(8)2;4*2-1(3)4/h3-7H,1-2H3;4*3-4H. The maximum atomic E-state index is 10.1. The number of aromatic nitrogens is 1. The molecule has 152 valence electrons. The lowest BCUT2D eigenvalue weighted by Crippen LogP contribution is -1.98. The summed E-state index contributed by atoms with van der Waals surface area (Å²) in [5.41, 5.74) is 2.62. The summed E-state index contributed by atoms with van der Waals surface area (Å²) in [5.74, 6) is 0. The van der Waals surface area contributed by atoms with Crippen LogP contribution in [0.15, 0.2) is 30.3 Å². The molecule has 0 radical (unpaired) electrons. The Morgan fingerprint density at radius 3 is 1.30 bits per heavy atom. The van der Waals surface area contributed by atoms with Crippen molar-refractivity contribution in [2.75, 3.05) is 0 Å². The molecule has 0 atom stereocenters. The molecule has 1 heterocycles. The Balaban J connectivity index is -0.000000305. The lowest BCUT2D eigenvalue weighted by Gasteiger charge is -1.96. The van der Waals surface area contributed by atoms with Crippen molar-refractivity contribution >= 4 is 40.5 Å². The van der Waals surface area contributed by atoms with Crippen molar-refractivity contribution in [1.82, 2.24) is 4.57 Å². The van der Waals surface area contributed by atoms with Crippen LogP contribution >= 0.6 is 0 Å². The van der Waals surface area contributed by atoms with Gasteiger partial charge in [0.2, 0.25) is 0 Å². The summed E-state index contributed by atoms with van der Waals surface area (Å²) in [7, 11) is -8.57. The van der Waals surface area contributed by atoms with E-state index in [4.69, 9.17) is 40.2 Å². The van der Waals surface area contributed by atoms with Crippen LogP contribution in [-0.2, 0) is 7.05 Å². The van der Waals surface area contributed by atoms with Crippen LogP contribution in [0.4, 0.5) is 17.3 Å². The first-order valence-corrected chi connectivity index (χ1v) is 6.74. The van der Waals surface area contributed by atoms with Crippen molar-refractivity contribution in [3.63, 3.8) is 0 Å². The molecule has 1 aromatic heterocycles. The second kappa shape index (κ2) is 17.8. The summed E-state index contributed by atoms with van der Waals surface area (Å²) in [5, 5.41) is 56.9. The molecule has 0 fully saturated rings. The number of nitrogens with zero attached hydrogens (tertiary/aromatic N) is 1. The van der Waals surface area contributed by atoms with Gasteiger partial charge in [0.1, 0.15) is 0 Å². The minimum absolute atomic E-state index is 1.31. The molecule has 9 nitrogen and oxygen atoms in total. The van der Waals surface area contributed by atoms with Gasteiger partial charge in [-0.2, -0.15) is 0 Å².